The van der Waals surface area contributed by atoms with E-state index in [-0.39, 0.29) is 5.69 Å². The lowest BCUT2D eigenvalue weighted by atomic mass is 10.5. The van der Waals surface area contributed by atoms with Crippen LogP contribution in [0.15, 0.2) is 5.38 Å². The Morgan fingerprint density at radius 2 is 2.57 bits per heavy atom. The molecule has 0 aliphatic carbocycles. The van der Waals surface area contributed by atoms with Crippen LogP contribution in [0.3, 0.4) is 0 Å². The summed E-state index contributed by atoms with van der Waals surface area (Å²) < 4.78 is 4.73. The number of carbonyl (C=O) groups excluding carboxylic acids is 2. The minimum atomic E-state index is -0.470. The smallest absolute Gasteiger partial charge is 0.357 e. The van der Waals surface area contributed by atoms with Gasteiger partial charge in [-0.2, -0.15) is 0 Å². The molecule has 1 rings (SSSR count). The zero-order valence-electron chi connectivity index (χ0n) is 7.44. The second-order valence-corrected chi connectivity index (χ2v) is 3.00. The maximum Gasteiger partial charge on any atom is 0.357 e. The van der Waals surface area contributed by atoms with Crippen molar-refractivity contribution in [2.24, 2.45) is 0 Å². The van der Waals surface area contributed by atoms with Crippen LogP contribution in [-0.2, 0) is 9.53 Å². The third kappa shape index (κ3) is 2.68. The van der Waals surface area contributed by atoms with Gasteiger partial charge < -0.3 is 4.74 Å². The number of aromatic nitrogens is 1. The standard InChI is InChI=1S/C9H7NO3S/c1-2-13-9(12)7-6-14-8(10-7)4-3-5-11/h5-6H,2H2,1H3. The molecule has 72 valence electrons. The molecule has 14 heavy (non-hydrogen) atoms. The summed E-state index contributed by atoms with van der Waals surface area (Å²) in [5, 5.41) is 1.98. The third-order valence-electron chi connectivity index (χ3n) is 1.23. The van der Waals surface area contributed by atoms with E-state index in [1.807, 2.05) is 0 Å². The Labute approximate surface area is 84.9 Å². The number of aldehydes is 1. The normalized spacial score (nSPS) is 8.64. The molecule has 0 saturated heterocycles. The van der Waals surface area contributed by atoms with Gasteiger partial charge in [0.05, 0.1) is 6.61 Å². The van der Waals surface area contributed by atoms with Crippen LogP contribution in [0.2, 0.25) is 0 Å². The Morgan fingerprint density at radius 3 is 3.21 bits per heavy atom. The van der Waals surface area contributed by atoms with E-state index in [0.717, 1.165) is 0 Å². The highest BCUT2D eigenvalue weighted by Gasteiger charge is 2.09. The number of thiazole rings is 1. The number of hydrogen-bond donors (Lipinski definition) is 0. The van der Waals surface area contributed by atoms with Gasteiger partial charge in [0, 0.05) is 5.38 Å². The quantitative estimate of drug-likeness (QED) is 0.412. The van der Waals surface area contributed by atoms with Crippen LogP contribution in [0, 0.1) is 11.8 Å². The van der Waals surface area contributed by atoms with Gasteiger partial charge in [0.25, 0.3) is 0 Å². The van der Waals surface area contributed by atoms with E-state index < -0.39 is 5.97 Å². The fraction of sp³-hybridized carbons (Fsp3) is 0.222. The minimum Gasteiger partial charge on any atom is -0.461 e. The van der Waals surface area contributed by atoms with Crippen molar-refractivity contribution in [3.63, 3.8) is 0 Å². The van der Waals surface area contributed by atoms with Gasteiger partial charge in [-0.15, -0.1) is 11.3 Å². The van der Waals surface area contributed by atoms with Gasteiger partial charge in [-0.25, -0.2) is 9.78 Å². The second-order valence-electron chi connectivity index (χ2n) is 2.15. The molecule has 0 bridgehead atoms. The molecule has 1 aromatic rings. The first kappa shape index (κ1) is 10.4. The van der Waals surface area contributed by atoms with Crippen LogP contribution in [0.1, 0.15) is 22.4 Å². The van der Waals surface area contributed by atoms with E-state index in [1.54, 1.807) is 12.3 Å². The average molecular weight is 209 g/mol. The Balaban J connectivity index is 2.77. The largest absolute Gasteiger partial charge is 0.461 e. The molecule has 0 radical (unpaired) electrons. The van der Waals surface area contributed by atoms with Gasteiger partial charge >= 0.3 is 5.97 Å². The molecule has 4 nitrogen and oxygen atoms in total. The van der Waals surface area contributed by atoms with Crippen molar-refractivity contribution in [1.82, 2.24) is 4.98 Å². The maximum absolute atomic E-state index is 11.1. The van der Waals surface area contributed by atoms with E-state index >= 15 is 0 Å². The SMILES string of the molecule is CCOC(=O)c1csc(C#CC=O)n1. The van der Waals surface area contributed by atoms with E-state index in [4.69, 9.17) is 4.74 Å². The van der Waals surface area contributed by atoms with Crippen molar-refractivity contribution < 1.29 is 14.3 Å². The molecule has 5 heteroatoms. The van der Waals surface area contributed by atoms with Crippen LogP contribution < -0.4 is 0 Å². The summed E-state index contributed by atoms with van der Waals surface area (Å²) in [6.07, 6.45) is 0.478. The fourth-order valence-electron chi connectivity index (χ4n) is 0.721. The molecule has 0 fully saturated rings. The summed E-state index contributed by atoms with van der Waals surface area (Å²) in [5.74, 6) is 4.24. The van der Waals surface area contributed by atoms with Crippen LogP contribution in [0.5, 0.6) is 0 Å². The van der Waals surface area contributed by atoms with Gasteiger partial charge in [0.1, 0.15) is 0 Å². The summed E-state index contributed by atoms with van der Waals surface area (Å²) in [5.41, 5.74) is 0.229. The monoisotopic (exact) mass is 209 g/mol. The molecule has 0 aliphatic rings. The van der Waals surface area contributed by atoms with Crippen molar-refractivity contribution in [3.8, 4) is 11.8 Å². The summed E-state index contributed by atoms with van der Waals surface area (Å²) >= 11 is 1.20. The summed E-state index contributed by atoms with van der Waals surface area (Å²) in [6.45, 7) is 2.03. The van der Waals surface area contributed by atoms with Gasteiger partial charge in [-0.3, -0.25) is 4.79 Å². The predicted molar refractivity (Wildman–Crippen MR) is 51.0 cm³/mol. The Kier molecular flexibility index (Phi) is 3.83. The van der Waals surface area contributed by atoms with E-state index in [1.165, 1.54) is 11.3 Å². The summed E-state index contributed by atoms with van der Waals surface area (Å²) in [6, 6.07) is 0. The van der Waals surface area contributed by atoms with E-state index in [2.05, 4.69) is 16.8 Å². The molecule has 0 atom stereocenters. The summed E-state index contributed by atoms with van der Waals surface area (Å²) in [4.78, 5) is 24.9. The molecule has 0 N–H and O–H groups in total. The minimum absolute atomic E-state index is 0.229. The second kappa shape index (κ2) is 5.14. The average Bonchev–Trinajstić information content (AvgIpc) is 2.63. The highest BCUT2D eigenvalue weighted by Crippen LogP contribution is 2.09. The Bertz CT molecular complexity index is 400. The topological polar surface area (TPSA) is 56.3 Å². The molecule has 0 unspecified atom stereocenters. The first-order valence-corrected chi connectivity index (χ1v) is 4.73. The number of esters is 1. The number of hydrogen-bond acceptors (Lipinski definition) is 5. The third-order valence-corrected chi connectivity index (χ3v) is 1.98. The van der Waals surface area contributed by atoms with Crippen LogP contribution >= 0.6 is 11.3 Å². The van der Waals surface area contributed by atoms with Gasteiger partial charge in [-0.1, -0.05) is 0 Å². The first-order chi connectivity index (χ1) is 6.77. The molecule has 0 aromatic carbocycles. The highest BCUT2D eigenvalue weighted by atomic mass is 32.1. The lowest BCUT2D eigenvalue weighted by Gasteiger charge is -1.95. The zero-order chi connectivity index (χ0) is 10.4. The highest BCUT2D eigenvalue weighted by molar-refractivity contribution is 7.10. The Morgan fingerprint density at radius 1 is 1.79 bits per heavy atom. The summed E-state index contributed by atoms with van der Waals surface area (Å²) in [7, 11) is 0. The molecule has 0 saturated carbocycles. The molecule has 0 spiro atoms. The van der Waals surface area contributed by atoms with Crippen LogP contribution in [-0.4, -0.2) is 23.8 Å². The van der Waals surface area contributed by atoms with Gasteiger partial charge in [0.15, 0.2) is 17.0 Å². The number of carbonyl (C=O) groups is 2. The molecule has 1 aromatic heterocycles. The molecule has 0 aliphatic heterocycles. The number of ether oxygens (including phenoxy) is 1. The van der Waals surface area contributed by atoms with Crippen LogP contribution in [0.25, 0.3) is 0 Å². The maximum atomic E-state index is 11.1. The van der Waals surface area contributed by atoms with Crippen molar-refractivity contribution in [2.45, 2.75) is 6.92 Å². The molecular weight excluding hydrogens is 202 g/mol. The number of rotatable bonds is 2. The van der Waals surface area contributed by atoms with Crippen molar-refractivity contribution in [1.29, 1.82) is 0 Å². The Hall–Kier alpha value is -1.67. The van der Waals surface area contributed by atoms with Crippen LogP contribution in [0.4, 0.5) is 0 Å². The van der Waals surface area contributed by atoms with Gasteiger partial charge in [-0.05, 0) is 18.8 Å². The van der Waals surface area contributed by atoms with Crippen molar-refractivity contribution in [3.05, 3.63) is 16.1 Å². The predicted octanol–water partition coefficient (Wildman–Crippen LogP) is 0.870. The molecule has 1 heterocycles. The van der Waals surface area contributed by atoms with E-state index in [9.17, 15) is 9.59 Å². The number of nitrogens with zero attached hydrogens (tertiary/aromatic N) is 1. The fourth-order valence-corrected chi connectivity index (χ4v) is 1.36. The van der Waals surface area contributed by atoms with Crippen molar-refractivity contribution >= 4 is 23.6 Å². The van der Waals surface area contributed by atoms with Crippen molar-refractivity contribution in [2.75, 3.05) is 6.61 Å². The molecular formula is C9H7NO3S. The zero-order valence-corrected chi connectivity index (χ0v) is 8.26. The first-order valence-electron chi connectivity index (χ1n) is 3.85. The van der Waals surface area contributed by atoms with E-state index in [0.29, 0.717) is 17.9 Å². The molecule has 0 amide bonds. The lowest BCUT2D eigenvalue weighted by molar-refractivity contribution is -0.103. The van der Waals surface area contributed by atoms with Gasteiger partial charge in [0.2, 0.25) is 0 Å². The lowest BCUT2D eigenvalue weighted by Crippen LogP contribution is -2.04.